The number of esters is 1. The minimum absolute atomic E-state index is 0.0333. The van der Waals surface area contributed by atoms with Crippen molar-refractivity contribution in [3.8, 4) is 5.75 Å². The number of aliphatic hydroxyl groups excluding tert-OH is 1. The second-order valence-corrected chi connectivity index (χ2v) is 7.05. The van der Waals surface area contributed by atoms with Gasteiger partial charge in [0.25, 0.3) is 0 Å². The fourth-order valence-corrected chi connectivity index (χ4v) is 2.76. The summed E-state index contributed by atoms with van der Waals surface area (Å²) in [6, 6.07) is 7.05. The van der Waals surface area contributed by atoms with Gasteiger partial charge >= 0.3 is 5.97 Å². The first-order chi connectivity index (χ1) is 13.9. The molecule has 2 aromatic heterocycles. The molecule has 3 rings (SSSR count). The van der Waals surface area contributed by atoms with Crippen LogP contribution in [0.15, 0.2) is 24.3 Å². The Morgan fingerprint density at radius 2 is 2.10 bits per heavy atom. The van der Waals surface area contributed by atoms with E-state index in [1.165, 1.54) is 6.92 Å². The molecular formula is C19H25N7O3. The molecule has 1 atom stereocenters. The summed E-state index contributed by atoms with van der Waals surface area (Å²) in [6.45, 7) is 5.78. The van der Waals surface area contributed by atoms with Gasteiger partial charge in [0.15, 0.2) is 17.0 Å². The Kier molecular flexibility index (Phi) is 6.23. The Hall–Kier alpha value is -3.27. The maximum absolute atomic E-state index is 11.2. The highest BCUT2D eigenvalue weighted by molar-refractivity contribution is 5.83. The number of aromatic nitrogens is 5. The zero-order valence-electron chi connectivity index (χ0n) is 16.9. The van der Waals surface area contributed by atoms with Crippen molar-refractivity contribution in [1.82, 2.24) is 25.0 Å². The van der Waals surface area contributed by atoms with E-state index in [9.17, 15) is 9.90 Å². The summed E-state index contributed by atoms with van der Waals surface area (Å²) in [7, 11) is 1.75. The molecule has 0 radical (unpaired) electrons. The molecule has 0 bridgehead atoms. The molecule has 10 nitrogen and oxygen atoms in total. The van der Waals surface area contributed by atoms with E-state index in [1.54, 1.807) is 23.9 Å². The van der Waals surface area contributed by atoms with Crippen molar-refractivity contribution in [3.63, 3.8) is 0 Å². The number of ether oxygens (including phenoxy) is 1. The molecule has 0 saturated heterocycles. The average Bonchev–Trinajstić information content (AvgIpc) is 3.05. The predicted octanol–water partition coefficient (Wildman–Crippen LogP) is 1.72. The molecular weight excluding hydrogens is 374 g/mol. The van der Waals surface area contributed by atoms with Crippen molar-refractivity contribution in [2.75, 3.05) is 17.2 Å². The summed E-state index contributed by atoms with van der Waals surface area (Å²) in [4.78, 5) is 20.2. The fourth-order valence-electron chi connectivity index (χ4n) is 2.76. The first-order valence-corrected chi connectivity index (χ1v) is 9.33. The minimum atomic E-state index is -0.369. The molecule has 0 aliphatic heterocycles. The summed E-state index contributed by atoms with van der Waals surface area (Å²) in [5.41, 5.74) is 2.02. The predicted molar refractivity (Wildman–Crippen MR) is 109 cm³/mol. The van der Waals surface area contributed by atoms with E-state index in [1.807, 2.05) is 26.0 Å². The number of hydrogen-bond donors (Lipinski definition) is 3. The van der Waals surface area contributed by atoms with Gasteiger partial charge in [0.1, 0.15) is 5.75 Å². The lowest BCUT2D eigenvalue weighted by Gasteiger charge is -2.20. The second-order valence-electron chi connectivity index (χ2n) is 7.05. The van der Waals surface area contributed by atoms with Crippen LogP contribution in [0.1, 0.15) is 26.3 Å². The number of fused-ring (bicyclic) bond motifs is 1. The average molecular weight is 399 g/mol. The smallest absolute Gasteiger partial charge is 0.308 e. The Bertz CT molecular complexity index is 1000. The van der Waals surface area contributed by atoms with Gasteiger partial charge in [0.05, 0.1) is 12.6 Å². The molecule has 0 aliphatic carbocycles. The van der Waals surface area contributed by atoms with E-state index in [-0.39, 0.29) is 24.5 Å². The molecule has 0 fully saturated rings. The molecule has 0 amide bonds. The van der Waals surface area contributed by atoms with Gasteiger partial charge < -0.3 is 20.5 Å². The lowest BCUT2D eigenvalue weighted by Crippen LogP contribution is -2.30. The van der Waals surface area contributed by atoms with Crippen LogP contribution in [-0.4, -0.2) is 48.7 Å². The quantitative estimate of drug-likeness (QED) is 0.383. The molecule has 10 heteroatoms. The van der Waals surface area contributed by atoms with Crippen molar-refractivity contribution in [3.05, 3.63) is 29.8 Å². The highest BCUT2D eigenvalue weighted by atomic mass is 16.5. The minimum Gasteiger partial charge on any atom is -0.427 e. The number of nitrogens with one attached hydrogen (secondary N) is 2. The monoisotopic (exact) mass is 399 g/mol. The second kappa shape index (κ2) is 8.82. The Morgan fingerprint density at radius 1 is 1.31 bits per heavy atom. The highest BCUT2D eigenvalue weighted by Gasteiger charge is 2.17. The number of aliphatic hydroxyl groups is 1. The lowest BCUT2D eigenvalue weighted by molar-refractivity contribution is -0.131. The number of nitrogens with zero attached hydrogens (tertiary/aromatic N) is 5. The van der Waals surface area contributed by atoms with Gasteiger partial charge in [-0.15, -0.1) is 5.10 Å². The van der Waals surface area contributed by atoms with Crippen LogP contribution in [0.5, 0.6) is 5.75 Å². The number of aryl methyl sites for hydroxylation is 1. The third-order valence-electron chi connectivity index (χ3n) is 4.39. The number of benzene rings is 1. The van der Waals surface area contributed by atoms with Crippen molar-refractivity contribution < 1.29 is 14.6 Å². The van der Waals surface area contributed by atoms with Crippen LogP contribution < -0.4 is 15.4 Å². The topological polar surface area (TPSA) is 127 Å². The first-order valence-electron chi connectivity index (χ1n) is 9.33. The number of hydrogen-bond acceptors (Lipinski definition) is 9. The fraction of sp³-hybridized carbons (Fsp3) is 0.421. The molecule has 1 aromatic carbocycles. The molecule has 0 spiro atoms. The largest absolute Gasteiger partial charge is 0.427 e. The number of carbonyl (C=O) groups excluding carboxylic acids is 1. The maximum Gasteiger partial charge on any atom is 0.308 e. The van der Waals surface area contributed by atoms with Crippen LogP contribution in [0.25, 0.3) is 11.2 Å². The maximum atomic E-state index is 11.2. The summed E-state index contributed by atoms with van der Waals surface area (Å²) in [5, 5.41) is 24.2. The van der Waals surface area contributed by atoms with Gasteiger partial charge in [0, 0.05) is 20.5 Å². The van der Waals surface area contributed by atoms with Crippen LogP contribution in [-0.2, 0) is 18.4 Å². The standard InChI is InChI=1S/C19H25N7O3/c1-11(2)15(10-27)21-19-22-17(16-18(23-19)26(4)25-24-16)20-9-13-6-5-7-14(8-13)29-12(3)28/h5-8,11,15,27H,9-10H2,1-4H3,(H2,20,21,22,23)/t15-/m0/s1. The van der Waals surface area contributed by atoms with Crippen molar-refractivity contribution in [2.45, 2.75) is 33.4 Å². The summed E-state index contributed by atoms with van der Waals surface area (Å²) < 4.78 is 6.69. The Labute approximate surface area is 168 Å². The van der Waals surface area contributed by atoms with Crippen molar-refractivity contribution in [2.24, 2.45) is 13.0 Å². The zero-order chi connectivity index (χ0) is 21.0. The molecule has 0 saturated carbocycles. The molecule has 2 heterocycles. The molecule has 154 valence electrons. The molecule has 29 heavy (non-hydrogen) atoms. The van der Waals surface area contributed by atoms with E-state index >= 15 is 0 Å². The van der Waals surface area contributed by atoms with E-state index < -0.39 is 0 Å². The van der Waals surface area contributed by atoms with Gasteiger partial charge in [-0.2, -0.15) is 9.97 Å². The van der Waals surface area contributed by atoms with E-state index in [0.29, 0.717) is 35.2 Å². The zero-order valence-corrected chi connectivity index (χ0v) is 16.9. The SMILES string of the molecule is CC(=O)Oc1cccc(CNc2nc(N[C@@H](CO)C(C)C)nc3c2nnn3C)c1. The van der Waals surface area contributed by atoms with Crippen LogP contribution >= 0.6 is 0 Å². The highest BCUT2D eigenvalue weighted by Crippen LogP contribution is 2.22. The van der Waals surface area contributed by atoms with Crippen LogP contribution in [0, 0.1) is 5.92 Å². The third kappa shape index (κ3) is 4.96. The Morgan fingerprint density at radius 3 is 2.79 bits per heavy atom. The number of carbonyl (C=O) groups is 1. The van der Waals surface area contributed by atoms with Gasteiger partial charge in [-0.25, -0.2) is 4.68 Å². The van der Waals surface area contributed by atoms with Crippen molar-refractivity contribution in [1.29, 1.82) is 0 Å². The molecule has 0 unspecified atom stereocenters. The van der Waals surface area contributed by atoms with E-state index in [2.05, 4.69) is 30.9 Å². The summed E-state index contributed by atoms with van der Waals surface area (Å²) >= 11 is 0. The van der Waals surface area contributed by atoms with Gasteiger partial charge in [-0.1, -0.05) is 31.2 Å². The van der Waals surface area contributed by atoms with E-state index in [4.69, 9.17) is 4.74 Å². The molecule has 0 aliphatic rings. The van der Waals surface area contributed by atoms with Gasteiger partial charge in [-0.05, 0) is 23.6 Å². The normalized spacial score (nSPS) is 12.2. The number of rotatable bonds is 8. The molecule has 3 N–H and O–H groups in total. The van der Waals surface area contributed by atoms with Gasteiger partial charge in [0.2, 0.25) is 5.95 Å². The third-order valence-corrected chi connectivity index (χ3v) is 4.39. The number of anilines is 2. The van der Waals surface area contributed by atoms with Crippen LogP contribution in [0.4, 0.5) is 11.8 Å². The van der Waals surface area contributed by atoms with Gasteiger partial charge in [-0.3, -0.25) is 4.79 Å². The summed E-state index contributed by atoms with van der Waals surface area (Å²) in [5.74, 6) is 1.21. The summed E-state index contributed by atoms with van der Waals surface area (Å²) in [6.07, 6.45) is 0. The van der Waals surface area contributed by atoms with E-state index in [0.717, 1.165) is 5.56 Å². The van der Waals surface area contributed by atoms with Crippen LogP contribution in [0.3, 0.4) is 0 Å². The lowest BCUT2D eigenvalue weighted by atomic mass is 10.1. The first kappa shape index (κ1) is 20.5. The van der Waals surface area contributed by atoms with Crippen LogP contribution in [0.2, 0.25) is 0 Å². The Balaban J connectivity index is 1.85. The van der Waals surface area contributed by atoms with Crippen molar-refractivity contribution >= 4 is 28.9 Å². The molecule has 3 aromatic rings.